The zero-order valence-corrected chi connectivity index (χ0v) is 16.0. The number of nitrogens with zero attached hydrogens (tertiary/aromatic N) is 4. The number of carbonyl (C=O) groups excluding carboxylic acids is 1. The number of benzene rings is 1. The molecule has 1 atom stereocenters. The maximum Gasteiger partial charge on any atom is 0.259 e. The van der Waals surface area contributed by atoms with E-state index in [1.807, 2.05) is 36.4 Å². The van der Waals surface area contributed by atoms with Gasteiger partial charge in [0.15, 0.2) is 12.4 Å². The van der Waals surface area contributed by atoms with Crippen molar-refractivity contribution in [3.05, 3.63) is 48.2 Å². The smallest absolute Gasteiger partial charge is 0.259 e. The second-order valence-corrected chi connectivity index (χ2v) is 6.93. The normalized spacial score (nSPS) is 16.8. The van der Waals surface area contributed by atoms with Crippen LogP contribution in [0, 0.1) is 0 Å². The Hall–Kier alpha value is -2.67. The molecule has 1 aliphatic heterocycles. The lowest BCUT2D eigenvalue weighted by Crippen LogP contribution is -2.45. The molecule has 7 nitrogen and oxygen atoms in total. The van der Waals surface area contributed by atoms with Gasteiger partial charge in [-0.2, -0.15) is 5.10 Å². The summed E-state index contributed by atoms with van der Waals surface area (Å²) in [7, 11) is 3.45. The van der Waals surface area contributed by atoms with Crippen LogP contribution in [0.5, 0.6) is 5.75 Å². The lowest BCUT2D eigenvalue weighted by Gasteiger charge is -2.33. The molecule has 0 spiro atoms. The fourth-order valence-electron chi connectivity index (χ4n) is 3.13. The third-order valence-corrected chi connectivity index (χ3v) is 4.71. The van der Waals surface area contributed by atoms with Gasteiger partial charge in [0.1, 0.15) is 5.75 Å². The van der Waals surface area contributed by atoms with Crippen molar-refractivity contribution in [2.75, 3.05) is 38.7 Å². The van der Waals surface area contributed by atoms with Crippen LogP contribution in [0.2, 0.25) is 0 Å². The Balaban J connectivity index is 1.56. The van der Waals surface area contributed by atoms with Gasteiger partial charge in [-0.25, -0.2) is 0 Å². The topological polar surface area (TPSA) is 70.6 Å². The summed E-state index contributed by atoms with van der Waals surface area (Å²) in [6.07, 6.45) is 3.93. The average molecular weight is 369 g/mol. The molecule has 0 bridgehead atoms. The molecule has 2 aromatic rings. The van der Waals surface area contributed by atoms with Crippen molar-refractivity contribution in [1.29, 1.82) is 0 Å². The molecule has 3 rings (SSSR count). The molecule has 1 fully saturated rings. The zero-order chi connectivity index (χ0) is 19.1. The predicted octanol–water partition coefficient (Wildman–Crippen LogP) is 1.70. The number of likely N-dealkylation sites (N-methyl/N-ethyl adjacent to an activating group) is 1. The highest BCUT2D eigenvalue weighted by Gasteiger charge is 2.21. The quantitative estimate of drug-likeness (QED) is 0.801. The van der Waals surface area contributed by atoms with Gasteiger partial charge in [-0.1, -0.05) is 18.2 Å². The van der Waals surface area contributed by atoms with Crippen LogP contribution in [0.25, 0.3) is 0 Å². The summed E-state index contributed by atoms with van der Waals surface area (Å²) in [5.74, 6) is 1.63. The number of carbonyl (C=O) groups is 1. The molecule has 1 aromatic carbocycles. The Kier molecular flexibility index (Phi) is 6.59. The highest BCUT2D eigenvalue weighted by Crippen LogP contribution is 2.20. The summed E-state index contributed by atoms with van der Waals surface area (Å²) in [4.78, 5) is 15.6. The van der Waals surface area contributed by atoms with E-state index >= 15 is 0 Å². The van der Waals surface area contributed by atoms with Crippen molar-refractivity contribution < 1.29 is 9.53 Å². The van der Waals surface area contributed by atoms with Crippen LogP contribution in [0.1, 0.15) is 18.4 Å². The number of hydrogen-bond donors (Lipinski definition) is 1. The summed E-state index contributed by atoms with van der Waals surface area (Å²) in [6, 6.07) is 12.2. The first-order valence-corrected chi connectivity index (χ1v) is 9.30. The van der Waals surface area contributed by atoms with E-state index in [-0.39, 0.29) is 12.5 Å². The van der Waals surface area contributed by atoms with Crippen LogP contribution < -0.4 is 15.0 Å². The molecule has 0 saturated carbocycles. The first-order chi connectivity index (χ1) is 13.1. The third kappa shape index (κ3) is 5.40. The average Bonchev–Trinajstić information content (AvgIpc) is 2.72. The van der Waals surface area contributed by atoms with Crippen molar-refractivity contribution in [2.24, 2.45) is 0 Å². The number of nitrogens with one attached hydrogen (secondary N) is 1. The summed E-state index contributed by atoms with van der Waals surface area (Å²) in [5, 5.41) is 11.8. The first-order valence-electron chi connectivity index (χ1n) is 9.30. The Morgan fingerprint density at radius 3 is 2.93 bits per heavy atom. The molecule has 27 heavy (non-hydrogen) atoms. The van der Waals surface area contributed by atoms with Gasteiger partial charge >= 0.3 is 0 Å². The molecule has 1 amide bonds. The van der Waals surface area contributed by atoms with Crippen molar-refractivity contribution in [3.63, 3.8) is 0 Å². The highest BCUT2D eigenvalue weighted by atomic mass is 16.5. The van der Waals surface area contributed by atoms with Gasteiger partial charge in [0.2, 0.25) is 0 Å². The van der Waals surface area contributed by atoms with Gasteiger partial charge in [-0.3, -0.25) is 4.79 Å². The summed E-state index contributed by atoms with van der Waals surface area (Å²) in [6.45, 7) is 2.66. The number of para-hydroxylation sites is 1. The van der Waals surface area contributed by atoms with E-state index in [0.717, 1.165) is 43.1 Å². The lowest BCUT2D eigenvalue weighted by molar-refractivity contribution is -0.130. The van der Waals surface area contributed by atoms with E-state index in [0.29, 0.717) is 12.6 Å². The van der Waals surface area contributed by atoms with Crippen LogP contribution >= 0.6 is 0 Å². The van der Waals surface area contributed by atoms with E-state index in [1.54, 1.807) is 20.3 Å². The second-order valence-electron chi connectivity index (χ2n) is 6.93. The fourth-order valence-corrected chi connectivity index (χ4v) is 3.13. The van der Waals surface area contributed by atoms with Crippen LogP contribution in [-0.2, 0) is 11.3 Å². The number of hydrogen-bond acceptors (Lipinski definition) is 6. The molecule has 7 heteroatoms. The number of piperidine rings is 1. The Morgan fingerprint density at radius 1 is 1.30 bits per heavy atom. The highest BCUT2D eigenvalue weighted by molar-refractivity contribution is 5.77. The Bertz CT molecular complexity index is 738. The van der Waals surface area contributed by atoms with E-state index in [9.17, 15) is 4.79 Å². The van der Waals surface area contributed by atoms with E-state index in [4.69, 9.17) is 4.74 Å². The summed E-state index contributed by atoms with van der Waals surface area (Å²) in [5.41, 5.74) is 1.06. The van der Waals surface area contributed by atoms with E-state index in [1.165, 1.54) is 4.90 Å². The van der Waals surface area contributed by atoms with Crippen LogP contribution in [-0.4, -0.2) is 60.8 Å². The number of aromatic nitrogens is 2. The van der Waals surface area contributed by atoms with Crippen molar-refractivity contribution in [2.45, 2.75) is 25.4 Å². The zero-order valence-electron chi connectivity index (χ0n) is 16.0. The van der Waals surface area contributed by atoms with Gasteiger partial charge in [0.05, 0.1) is 0 Å². The number of ether oxygens (including phenoxy) is 1. The Morgan fingerprint density at radius 2 is 2.15 bits per heavy atom. The van der Waals surface area contributed by atoms with Gasteiger partial charge in [0.25, 0.3) is 5.91 Å². The molecule has 2 heterocycles. The molecular formula is C20H27N5O2. The number of amides is 1. The molecule has 1 aliphatic rings. The molecule has 144 valence electrons. The minimum absolute atomic E-state index is 0.0495. The van der Waals surface area contributed by atoms with Crippen LogP contribution in [0.4, 0.5) is 5.82 Å². The van der Waals surface area contributed by atoms with Crippen molar-refractivity contribution in [1.82, 2.24) is 20.4 Å². The Labute approximate surface area is 160 Å². The fraction of sp³-hybridized carbons (Fsp3) is 0.450. The third-order valence-electron chi connectivity index (χ3n) is 4.71. The second kappa shape index (κ2) is 9.32. The maximum absolute atomic E-state index is 11.8. The monoisotopic (exact) mass is 369 g/mol. The lowest BCUT2D eigenvalue weighted by atomic mass is 10.0. The van der Waals surface area contributed by atoms with Crippen molar-refractivity contribution >= 4 is 11.7 Å². The van der Waals surface area contributed by atoms with Crippen LogP contribution in [0.3, 0.4) is 0 Å². The van der Waals surface area contributed by atoms with Gasteiger partial charge in [-0.05, 0) is 31.0 Å². The molecule has 0 radical (unpaired) electrons. The predicted molar refractivity (Wildman–Crippen MR) is 105 cm³/mol. The van der Waals surface area contributed by atoms with Gasteiger partial charge < -0.3 is 19.9 Å². The first kappa shape index (κ1) is 19.1. The molecule has 1 aromatic heterocycles. The van der Waals surface area contributed by atoms with Crippen LogP contribution in [0.15, 0.2) is 42.6 Å². The van der Waals surface area contributed by atoms with E-state index in [2.05, 4.69) is 20.4 Å². The number of rotatable bonds is 7. The molecule has 0 aliphatic carbocycles. The summed E-state index contributed by atoms with van der Waals surface area (Å²) < 4.78 is 5.73. The largest absolute Gasteiger partial charge is 0.483 e. The molecule has 1 N–H and O–H groups in total. The summed E-state index contributed by atoms with van der Waals surface area (Å²) >= 11 is 0. The SMILES string of the molecule is CN(C)C(=O)COc1ccccc1CN[C@H]1CCCN(c2cccnn2)C1. The standard InChI is InChI=1S/C20H27N5O2/c1-24(2)20(26)15-27-18-9-4-3-7-16(18)13-21-17-8-6-12-25(14-17)19-10-5-11-22-23-19/h3-5,7,9-11,17,21H,6,8,12-15H2,1-2H3/t17-/m0/s1. The number of anilines is 1. The molecular weight excluding hydrogens is 342 g/mol. The minimum atomic E-state index is -0.0512. The van der Waals surface area contributed by atoms with Gasteiger partial charge in [0, 0.05) is 51.5 Å². The maximum atomic E-state index is 11.8. The van der Waals surface area contributed by atoms with E-state index < -0.39 is 0 Å². The molecule has 1 saturated heterocycles. The van der Waals surface area contributed by atoms with Gasteiger partial charge in [-0.15, -0.1) is 5.10 Å². The minimum Gasteiger partial charge on any atom is -0.483 e. The molecule has 0 unspecified atom stereocenters. The van der Waals surface area contributed by atoms with Crippen molar-refractivity contribution in [3.8, 4) is 5.75 Å².